The number of carbonyl (C=O) groups is 1. The number of halogens is 3. The molecule has 7 nitrogen and oxygen atoms in total. The van der Waals surface area contributed by atoms with Crippen LogP contribution in [0.5, 0.6) is 0 Å². The Labute approximate surface area is 181 Å². The quantitative estimate of drug-likeness (QED) is 0.444. The van der Waals surface area contributed by atoms with Gasteiger partial charge in [-0.3, -0.25) is 0 Å². The second-order valence-electron chi connectivity index (χ2n) is 7.57. The van der Waals surface area contributed by atoms with E-state index in [2.05, 4.69) is 15.3 Å². The molecule has 1 saturated carbocycles. The molecule has 0 aliphatic heterocycles. The van der Waals surface area contributed by atoms with Crippen molar-refractivity contribution in [2.75, 3.05) is 16.8 Å². The Morgan fingerprint density at radius 2 is 1.84 bits per heavy atom. The monoisotopic (exact) mass is 448 g/mol. The zero-order valence-electron chi connectivity index (χ0n) is 16.8. The van der Waals surface area contributed by atoms with Crippen LogP contribution in [0.15, 0.2) is 36.4 Å². The lowest BCUT2D eigenvalue weighted by atomic mass is 9.76. The van der Waals surface area contributed by atoms with Gasteiger partial charge in [0.2, 0.25) is 0 Å². The third-order valence-corrected chi connectivity index (χ3v) is 5.96. The number of hydrogen-bond acceptors (Lipinski definition) is 5. The molecule has 0 spiro atoms. The van der Waals surface area contributed by atoms with E-state index < -0.39 is 17.5 Å². The highest BCUT2D eigenvalue weighted by Gasteiger charge is 2.45. The molecule has 1 fully saturated rings. The minimum atomic E-state index is -4.70. The van der Waals surface area contributed by atoms with Crippen LogP contribution in [0.1, 0.15) is 30.7 Å². The summed E-state index contributed by atoms with van der Waals surface area (Å²) in [5.41, 5.74) is 0.958. The molecule has 0 N–H and O–H groups in total. The summed E-state index contributed by atoms with van der Waals surface area (Å²) in [5.74, 6) is -1.05. The van der Waals surface area contributed by atoms with Crippen LogP contribution in [0.25, 0.3) is 5.65 Å². The fourth-order valence-electron chi connectivity index (χ4n) is 3.57. The molecule has 0 amide bonds. The minimum Gasteiger partial charge on any atom is -0.306 e. The summed E-state index contributed by atoms with van der Waals surface area (Å²) >= 11 is 5.71. The molecule has 0 radical (unpaired) electrons. The first-order valence-electron chi connectivity index (χ1n) is 9.57. The van der Waals surface area contributed by atoms with Gasteiger partial charge in [0, 0.05) is 12.7 Å². The Balaban J connectivity index is 1.75. The van der Waals surface area contributed by atoms with E-state index in [9.17, 15) is 18.0 Å². The number of fused-ring (bicyclic) bond motifs is 1. The van der Waals surface area contributed by atoms with Gasteiger partial charge < -0.3 is 14.6 Å². The van der Waals surface area contributed by atoms with Crippen LogP contribution in [0.2, 0.25) is 0 Å². The summed E-state index contributed by atoms with van der Waals surface area (Å²) in [4.78, 5) is 15.3. The lowest BCUT2D eigenvalue weighted by Gasteiger charge is -2.48. The van der Waals surface area contributed by atoms with Crippen molar-refractivity contribution in [2.45, 2.75) is 37.9 Å². The van der Waals surface area contributed by atoms with Gasteiger partial charge in [-0.05, 0) is 62.7 Å². The molecule has 11 heteroatoms. The highest BCUT2D eigenvalue weighted by Crippen LogP contribution is 2.40. The van der Waals surface area contributed by atoms with Crippen LogP contribution in [-0.4, -0.2) is 43.8 Å². The number of anilines is 2. The van der Waals surface area contributed by atoms with Crippen LogP contribution < -0.4 is 9.80 Å². The van der Waals surface area contributed by atoms with Crippen molar-refractivity contribution in [2.24, 2.45) is 0 Å². The van der Waals surface area contributed by atoms with Gasteiger partial charge in [-0.1, -0.05) is 17.7 Å². The highest BCUT2D eigenvalue weighted by molar-refractivity contribution is 7.80. The fourth-order valence-corrected chi connectivity index (χ4v) is 3.95. The molecule has 0 atom stereocenters. The van der Waals surface area contributed by atoms with Gasteiger partial charge in [-0.15, -0.1) is 15.3 Å². The van der Waals surface area contributed by atoms with E-state index in [0.29, 0.717) is 17.4 Å². The van der Waals surface area contributed by atoms with Crippen molar-refractivity contribution in [3.05, 3.63) is 47.8 Å². The van der Waals surface area contributed by atoms with Crippen LogP contribution in [-0.2, 0) is 11.0 Å². The lowest BCUT2D eigenvalue weighted by molar-refractivity contribution is -0.146. The molecule has 0 bridgehead atoms. The molecule has 3 aromatic rings. The van der Waals surface area contributed by atoms with Crippen molar-refractivity contribution in [1.82, 2.24) is 19.8 Å². The third-order valence-electron chi connectivity index (χ3n) is 5.50. The van der Waals surface area contributed by atoms with Gasteiger partial charge in [-0.2, -0.15) is 17.7 Å². The maximum atomic E-state index is 13.2. The Hall–Kier alpha value is -3.08. The van der Waals surface area contributed by atoms with Gasteiger partial charge in [0.05, 0.1) is 0 Å². The van der Waals surface area contributed by atoms with Crippen LogP contribution in [0.4, 0.5) is 24.7 Å². The second-order valence-corrected chi connectivity index (χ2v) is 7.94. The first-order chi connectivity index (χ1) is 14.7. The van der Waals surface area contributed by atoms with Gasteiger partial charge in [-0.25, -0.2) is 0 Å². The maximum absolute atomic E-state index is 13.2. The zero-order valence-corrected chi connectivity index (χ0v) is 17.6. The van der Waals surface area contributed by atoms with Crippen molar-refractivity contribution in [3.63, 3.8) is 0 Å². The SMILES string of the molecule is Cc1ccc(N(C(=S)N(C)c2ccc3nnc(C(F)(F)F)n3n2)C2(C=O)CCC2)cc1. The Bertz CT molecular complexity index is 1140. The van der Waals surface area contributed by atoms with Crippen LogP contribution in [0.3, 0.4) is 0 Å². The van der Waals surface area contributed by atoms with E-state index in [1.807, 2.05) is 31.2 Å². The molecule has 162 valence electrons. The summed E-state index contributed by atoms with van der Waals surface area (Å²) in [7, 11) is 1.60. The average molecular weight is 448 g/mol. The molecule has 0 unspecified atom stereocenters. The molecule has 2 aromatic heterocycles. The number of alkyl halides is 3. The topological polar surface area (TPSA) is 66.6 Å². The second kappa shape index (κ2) is 7.56. The average Bonchev–Trinajstić information content (AvgIpc) is 3.14. The zero-order chi connectivity index (χ0) is 22.4. The number of aryl methyl sites for hydroxylation is 1. The van der Waals surface area contributed by atoms with Crippen LogP contribution in [0, 0.1) is 6.92 Å². The van der Waals surface area contributed by atoms with E-state index in [4.69, 9.17) is 12.2 Å². The smallest absolute Gasteiger partial charge is 0.306 e. The molecule has 31 heavy (non-hydrogen) atoms. The van der Waals surface area contributed by atoms with Crippen LogP contribution >= 0.6 is 12.2 Å². The largest absolute Gasteiger partial charge is 0.453 e. The molecule has 2 heterocycles. The Morgan fingerprint density at radius 1 is 1.16 bits per heavy atom. The van der Waals surface area contributed by atoms with E-state index in [1.165, 1.54) is 17.0 Å². The third kappa shape index (κ3) is 3.62. The number of aromatic nitrogens is 4. The maximum Gasteiger partial charge on any atom is 0.453 e. The highest BCUT2D eigenvalue weighted by atomic mass is 32.1. The predicted molar refractivity (Wildman–Crippen MR) is 113 cm³/mol. The predicted octanol–water partition coefficient (Wildman–Crippen LogP) is 3.80. The molecular formula is C20H19F3N6OS. The van der Waals surface area contributed by atoms with Gasteiger partial charge in [0.25, 0.3) is 5.82 Å². The number of rotatable bonds is 4. The van der Waals surface area contributed by atoms with E-state index >= 15 is 0 Å². The van der Waals surface area contributed by atoms with E-state index in [1.54, 1.807) is 11.9 Å². The van der Waals surface area contributed by atoms with Crippen molar-refractivity contribution in [3.8, 4) is 0 Å². The number of benzene rings is 1. The number of aldehydes is 1. The van der Waals surface area contributed by atoms with Gasteiger partial charge in [0.1, 0.15) is 11.8 Å². The Morgan fingerprint density at radius 3 is 2.39 bits per heavy atom. The van der Waals surface area contributed by atoms with Crippen molar-refractivity contribution in [1.29, 1.82) is 0 Å². The number of carbonyl (C=O) groups excluding carboxylic acids is 1. The molecule has 1 aliphatic carbocycles. The van der Waals surface area contributed by atoms with Gasteiger partial charge in [0.15, 0.2) is 16.6 Å². The molecule has 1 aliphatic rings. The molecule has 1 aromatic carbocycles. The van der Waals surface area contributed by atoms with Crippen molar-refractivity contribution < 1.29 is 18.0 Å². The van der Waals surface area contributed by atoms with Crippen molar-refractivity contribution >= 4 is 40.8 Å². The summed E-state index contributed by atoms with van der Waals surface area (Å²) in [6.07, 6.45) is -1.66. The standard InChI is InChI=1S/C20H19F3N6OS/c1-13-4-6-14(7-5-13)28(19(12-30)10-3-11-19)18(31)27(2)16-9-8-15-24-25-17(20(21,22)23)29(15)26-16/h4-9,12H,3,10-11H2,1-2H3. The number of hydrogen-bond donors (Lipinski definition) is 0. The van der Waals surface area contributed by atoms with E-state index in [0.717, 1.165) is 24.0 Å². The van der Waals surface area contributed by atoms with Gasteiger partial charge >= 0.3 is 6.18 Å². The first kappa shape index (κ1) is 21.2. The molecule has 0 saturated heterocycles. The summed E-state index contributed by atoms with van der Waals surface area (Å²) in [6.45, 7) is 1.95. The normalized spacial score (nSPS) is 15.4. The lowest BCUT2D eigenvalue weighted by Crippen LogP contribution is -2.60. The first-order valence-corrected chi connectivity index (χ1v) is 9.98. The molecular weight excluding hydrogens is 429 g/mol. The molecule has 4 rings (SSSR count). The summed E-state index contributed by atoms with van der Waals surface area (Å²) < 4.78 is 40.3. The van der Waals surface area contributed by atoms with E-state index in [-0.39, 0.29) is 16.6 Å². The fraction of sp³-hybridized carbons (Fsp3) is 0.350. The summed E-state index contributed by atoms with van der Waals surface area (Å²) in [5, 5.41) is 11.0. The Kier molecular flexibility index (Phi) is 5.16. The minimum absolute atomic E-state index is 0.0332. The number of nitrogens with zero attached hydrogens (tertiary/aromatic N) is 6. The summed E-state index contributed by atoms with van der Waals surface area (Å²) in [6, 6.07) is 10.5. The number of thiocarbonyl (C=S) groups is 1.